The Morgan fingerprint density at radius 1 is 0.786 bits per heavy atom. The lowest BCUT2D eigenvalue weighted by molar-refractivity contribution is 0.857. The van der Waals surface area contributed by atoms with Crippen molar-refractivity contribution in [3.05, 3.63) is 35.4 Å². The topological polar surface area (TPSA) is 12.0 Å². The summed E-state index contributed by atoms with van der Waals surface area (Å²) in [7, 11) is 0. The van der Waals surface area contributed by atoms with Crippen LogP contribution in [0.2, 0.25) is 0 Å². The second-order valence-electron chi connectivity index (χ2n) is 4.08. The van der Waals surface area contributed by atoms with Gasteiger partial charge in [0.15, 0.2) is 0 Å². The van der Waals surface area contributed by atoms with Crippen molar-refractivity contribution in [2.75, 3.05) is 13.1 Å². The van der Waals surface area contributed by atoms with Crippen LogP contribution in [0.3, 0.4) is 0 Å². The van der Waals surface area contributed by atoms with Gasteiger partial charge in [0.2, 0.25) is 0 Å². The molecule has 3 rings (SSSR count). The van der Waals surface area contributed by atoms with Crippen LogP contribution in [0.4, 0.5) is 0 Å². The van der Waals surface area contributed by atoms with Gasteiger partial charge < -0.3 is 5.32 Å². The monoisotopic (exact) mass is 189 g/mol. The van der Waals surface area contributed by atoms with Crippen LogP contribution in [-0.4, -0.2) is 13.1 Å². The molecule has 0 bridgehead atoms. The van der Waals surface area contributed by atoms with Crippen molar-refractivity contribution >= 4 is 0 Å². The molecule has 0 amide bonds. The van der Waals surface area contributed by atoms with Crippen molar-refractivity contribution < 1.29 is 0 Å². The van der Waals surface area contributed by atoms with E-state index >= 15 is 0 Å². The van der Waals surface area contributed by atoms with Crippen molar-refractivity contribution in [1.82, 2.24) is 5.32 Å². The molecule has 1 fully saturated rings. The van der Waals surface area contributed by atoms with Crippen molar-refractivity contribution in [3.8, 4) is 0 Å². The van der Waals surface area contributed by atoms with E-state index in [0.29, 0.717) is 0 Å². The molecule has 76 valence electrons. The maximum atomic E-state index is 3.22. The van der Waals surface area contributed by atoms with Crippen LogP contribution in [0.25, 0.3) is 0 Å². The number of hydrogen-bond acceptors (Lipinski definition) is 1. The molecule has 0 atom stereocenters. The number of nitrogens with one attached hydrogen (secondary N) is 1. The lowest BCUT2D eigenvalue weighted by Gasteiger charge is -1.93. The van der Waals surface area contributed by atoms with Gasteiger partial charge in [-0.3, -0.25) is 0 Å². The third-order valence-corrected chi connectivity index (χ3v) is 2.97. The molecule has 1 nitrogen and oxygen atoms in total. The minimum Gasteiger partial charge on any atom is -0.317 e. The highest BCUT2D eigenvalue weighted by atomic mass is 14.9. The Morgan fingerprint density at radius 3 is 1.79 bits per heavy atom. The molecule has 1 N–H and O–H groups in total. The van der Waals surface area contributed by atoms with Gasteiger partial charge >= 0.3 is 0 Å². The largest absolute Gasteiger partial charge is 0.317 e. The first kappa shape index (κ1) is 9.72. The molecule has 1 aromatic rings. The lowest BCUT2D eigenvalue weighted by Crippen LogP contribution is -2.03. The van der Waals surface area contributed by atoms with Crippen LogP contribution in [0.15, 0.2) is 24.3 Å². The minimum absolute atomic E-state index is 1.25. The Bertz CT molecular complexity index is 246. The maximum Gasteiger partial charge on any atom is -0.00484 e. The van der Waals surface area contributed by atoms with E-state index in [2.05, 4.69) is 29.6 Å². The molecular formula is C13H19N. The minimum atomic E-state index is 1.25. The van der Waals surface area contributed by atoms with Gasteiger partial charge in [0, 0.05) is 0 Å². The Hall–Kier alpha value is -0.820. The maximum absolute atomic E-state index is 3.22. The molecular weight excluding hydrogens is 170 g/mol. The smallest absolute Gasteiger partial charge is 0.00484 e. The SMILES string of the molecule is C1CCNC1.c1ccc2c(c1)CCC2. The Labute approximate surface area is 86.5 Å². The number of rotatable bonds is 0. The van der Waals surface area contributed by atoms with Gasteiger partial charge in [0.1, 0.15) is 0 Å². The summed E-state index contributed by atoms with van der Waals surface area (Å²) in [5, 5.41) is 3.22. The van der Waals surface area contributed by atoms with Crippen molar-refractivity contribution in [2.45, 2.75) is 32.1 Å². The first-order valence-electron chi connectivity index (χ1n) is 5.74. The Kier molecular flexibility index (Phi) is 3.58. The first-order chi connectivity index (χ1) is 6.97. The number of benzene rings is 1. The van der Waals surface area contributed by atoms with E-state index in [9.17, 15) is 0 Å². The zero-order chi connectivity index (χ0) is 9.64. The molecule has 14 heavy (non-hydrogen) atoms. The second-order valence-corrected chi connectivity index (χ2v) is 4.08. The molecule has 0 unspecified atom stereocenters. The molecule has 1 aliphatic carbocycles. The van der Waals surface area contributed by atoms with Gasteiger partial charge in [-0.05, 0) is 56.3 Å². The van der Waals surface area contributed by atoms with Crippen LogP contribution in [0.1, 0.15) is 30.4 Å². The molecule has 1 aromatic carbocycles. The summed E-state index contributed by atoms with van der Waals surface area (Å²) in [4.78, 5) is 0. The first-order valence-corrected chi connectivity index (χ1v) is 5.74. The van der Waals surface area contributed by atoms with E-state index in [4.69, 9.17) is 0 Å². The molecule has 1 heterocycles. The van der Waals surface area contributed by atoms with Gasteiger partial charge in [-0.1, -0.05) is 24.3 Å². The summed E-state index contributed by atoms with van der Waals surface area (Å²) in [6.07, 6.45) is 6.74. The summed E-state index contributed by atoms with van der Waals surface area (Å²) in [5.41, 5.74) is 3.13. The predicted octanol–water partition coefficient (Wildman–Crippen LogP) is 2.55. The third-order valence-electron chi connectivity index (χ3n) is 2.97. The van der Waals surface area contributed by atoms with Gasteiger partial charge in [-0.15, -0.1) is 0 Å². The fourth-order valence-corrected chi connectivity index (χ4v) is 2.14. The van der Waals surface area contributed by atoms with Crippen LogP contribution in [-0.2, 0) is 12.8 Å². The third kappa shape index (κ3) is 2.58. The number of aryl methyl sites for hydroxylation is 2. The number of fused-ring (bicyclic) bond motifs is 1. The van der Waals surface area contributed by atoms with Gasteiger partial charge in [0.25, 0.3) is 0 Å². The predicted molar refractivity (Wildman–Crippen MR) is 60.6 cm³/mol. The quantitative estimate of drug-likeness (QED) is 0.661. The van der Waals surface area contributed by atoms with E-state index in [1.165, 1.54) is 45.2 Å². The molecule has 0 radical (unpaired) electrons. The highest BCUT2D eigenvalue weighted by Gasteiger charge is 2.07. The van der Waals surface area contributed by atoms with E-state index in [1.54, 1.807) is 11.1 Å². The summed E-state index contributed by atoms with van der Waals surface area (Å²) < 4.78 is 0. The molecule has 1 aliphatic heterocycles. The second kappa shape index (κ2) is 5.16. The van der Waals surface area contributed by atoms with Crippen LogP contribution in [0, 0.1) is 0 Å². The van der Waals surface area contributed by atoms with Crippen molar-refractivity contribution in [2.24, 2.45) is 0 Å². The Balaban J connectivity index is 0.000000128. The Morgan fingerprint density at radius 2 is 1.36 bits per heavy atom. The average molecular weight is 189 g/mol. The zero-order valence-corrected chi connectivity index (χ0v) is 8.76. The normalized spacial score (nSPS) is 18.6. The molecule has 1 saturated heterocycles. The number of hydrogen-bond donors (Lipinski definition) is 1. The summed E-state index contributed by atoms with van der Waals surface area (Å²) in [6, 6.07) is 8.74. The van der Waals surface area contributed by atoms with E-state index in [1.807, 2.05) is 0 Å². The molecule has 2 aliphatic rings. The molecule has 0 saturated carbocycles. The average Bonchev–Trinajstić information content (AvgIpc) is 2.92. The van der Waals surface area contributed by atoms with Crippen molar-refractivity contribution in [3.63, 3.8) is 0 Å². The standard InChI is InChI=1S/C9H10.C4H9N/c1-2-5-9-7-3-6-8(9)4-1;1-2-4-5-3-1/h1-2,4-5H,3,6-7H2;5H,1-4H2. The fourth-order valence-electron chi connectivity index (χ4n) is 2.14. The molecule has 0 spiro atoms. The highest BCUT2D eigenvalue weighted by Crippen LogP contribution is 2.20. The van der Waals surface area contributed by atoms with Crippen LogP contribution >= 0.6 is 0 Å². The summed E-state index contributed by atoms with van der Waals surface area (Å²) in [5.74, 6) is 0. The lowest BCUT2D eigenvalue weighted by atomic mass is 10.1. The van der Waals surface area contributed by atoms with Gasteiger partial charge in [-0.2, -0.15) is 0 Å². The summed E-state index contributed by atoms with van der Waals surface area (Å²) in [6.45, 7) is 2.50. The van der Waals surface area contributed by atoms with Crippen LogP contribution in [0.5, 0.6) is 0 Å². The molecule has 1 heteroatoms. The fraction of sp³-hybridized carbons (Fsp3) is 0.538. The van der Waals surface area contributed by atoms with Crippen molar-refractivity contribution in [1.29, 1.82) is 0 Å². The highest BCUT2D eigenvalue weighted by molar-refractivity contribution is 5.30. The summed E-state index contributed by atoms with van der Waals surface area (Å²) >= 11 is 0. The van der Waals surface area contributed by atoms with Gasteiger partial charge in [0.05, 0.1) is 0 Å². The zero-order valence-electron chi connectivity index (χ0n) is 8.76. The van der Waals surface area contributed by atoms with Crippen LogP contribution < -0.4 is 5.32 Å². The van der Waals surface area contributed by atoms with Gasteiger partial charge in [-0.25, -0.2) is 0 Å². The van der Waals surface area contributed by atoms with E-state index in [-0.39, 0.29) is 0 Å². The van der Waals surface area contributed by atoms with E-state index < -0.39 is 0 Å². The molecule has 0 aromatic heterocycles. The van der Waals surface area contributed by atoms with E-state index in [0.717, 1.165) is 0 Å².